The highest BCUT2D eigenvalue weighted by molar-refractivity contribution is 7.47. The molecule has 0 fully saturated rings. The van der Waals surface area contributed by atoms with Gasteiger partial charge in [0.05, 0.1) is 26.4 Å². The van der Waals surface area contributed by atoms with E-state index in [0.29, 0.717) is 25.7 Å². The van der Waals surface area contributed by atoms with Crippen LogP contribution in [0.2, 0.25) is 0 Å². The number of rotatable bonds is 72. The van der Waals surface area contributed by atoms with Gasteiger partial charge in [0.25, 0.3) is 0 Å². The molecule has 574 valence electrons. The molecule has 0 heterocycles. The summed E-state index contributed by atoms with van der Waals surface area (Å²) in [6.45, 7) is 4.54. The number of esters is 4. The highest BCUT2D eigenvalue weighted by Gasteiger charge is 2.30. The molecule has 0 saturated heterocycles. The third-order valence-corrected chi connectivity index (χ3v) is 17.8. The molecule has 5 unspecified atom stereocenters. The second kappa shape index (κ2) is 72.8. The van der Waals surface area contributed by atoms with Crippen LogP contribution in [0.5, 0.6) is 0 Å². The number of allylic oxidation sites excluding steroid dienone is 20. The lowest BCUT2D eigenvalue weighted by Crippen LogP contribution is -2.30. The SMILES string of the molecule is CC/C=C\C/C=C\C/C=C\C/C=C\CCCCC(=O)OCC(COP(=O)(O)OCC(O)COP(=O)(O)OCC(COC(=O)CCCCCCCC/C=C\C/C=C\C/C=C\CCCCC)OC(=O)CCCCCCC/C=C\C/C=C\C/C=C\CC)OC(=O)CCCCCCCCCCCCC. The maximum atomic E-state index is 13.1. The van der Waals surface area contributed by atoms with Crippen molar-refractivity contribution < 1.29 is 80.2 Å². The molecule has 0 spiro atoms. The average Bonchev–Trinajstić information content (AvgIpc) is 0.945. The molecule has 0 aromatic heterocycles. The van der Waals surface area contributed by atoms with Gasteiger partial charge in [-0.2, -0.15) is 0 Å². The van der Waals surface area contributed by atoms with E-state index in [4.69, 9.17) is 37.0 Å². The minimum Gasteiger partial charge on any atom is -0.462 e. The van der Waals surface area contributed by atoms with E-state index in [1.807, 2.05) is 0 Å². The standard InChI is InChI=1S/C81H138O17P2/c1-5-9-13-17-21-25-29-32-35-36-37-38-41-43-47-50-54-58-62-66-79(84)92-72-77(98-81(86)68-64-60-56-52-48-44-40-34-31-27-23-19-15-11-7-3)74-96-100(89,90)94-70-75(82)69-93-99(87,88)95-73-76(97-80(85)67-63-59-55-51-45-28-24-20-16-12-8-4)71-91-78(83)65-61-57-53-49-46-42-39-33-30-26-22-18-14-10-6-2/h10-11,14-15,21-23,25-27,32-35,37-40,46,49,75-77,82H,5-9,12-13,16-20,24,28-31,36,41-45,47-48,50-74H2,1-4H3,(H,87,88)(H,89,90)/b14-10-,15-11-,25-21-,26-22-,27-23-,35-32-,38-37-,39-33-,40-34-,49-46-. The summed E-state index contributed by atoms with van der Waals surface area (Å²) in [5.74, 6) is -2.25. The summed E-state index contributed by atoms with van der Waals surface area (Å²) in [5, 5.41) is 10.6. The predicted molar refractivity (Wildman–Crippen MR) is 408 cm³/mol. The number of carbonyl (C=O) groups is 4. The van der Waals surface area contributed by atoms with Gasteiger partial charge in [-0.25, -0.2) is 9.13 Å². The van der Waals surface area contributed by atoms with Crippen LogP contribution in [0.4, 0.5) is 0 Å². The number of ether oxygens (including phenoxy) is 4. The molecule has 100 heavy (non-hydrogen) atoms. The van der Waals surface area contributed by atoms with Crippen molar-refractivity contribution in [1.82, 2.24) is 0 Å². The van der Waals surface area contributed by atoms with Crippen LogP contribution in [0.25, 0.3) is 0 Å². The zero-order valence-corrected chi connectivity index (χ0v) is 64.4. The minimum atomic E-state index is -4.99. The van der Waals surface area contributed by atoms with Crippen LogP contribution in [0.1, 0.15) is 310 Å². The summed E-state index contributed by atoms with van der Waals surface area (Å²) in [6.07, 6.45) is 79.0. The second-order valence-corrected chi connectivity index (χ2v) is 28.4. The lowest BCUT2D eigenvalue weighted by atomic mass is 10.1. The Hall–Kier alpha value is -4.54. The zero-order valence-electron chi connectivity index (χ0n) is 62.6. The molecule has 17 nitrogen and oxygen atoms in total. The molecule has 0 bridgehead atoms. The largest absolute Gasteiger partial charge is 0.472 e. The lowest BCUT2D eigenvalue weighted by Gasteiger charge is -2.21. The lowest BCUT2D eigenvalue weighted by molar-refractivity contribution is -0.161. The van der Waals surface area contributed by atoms with Gasteiger partial charge in [0.1, 0.15) is 19.3 Å². The topological polar surface area (TPSA) is 237 Å². The normalized spacial score (nSPS) is 14.6. The van der Waals surface area contributed by atoms with Crippen LogP contribution in [0, 0.1) is 0 Å². The molecule has 0 saturated carbocycles. The van der Waals surface area contributed by atoms with E-state index < -0.39 is 97.5 Å². The molecule has 0 aromatic rings. The van der Waals surface area contributed by atoms with Crippen LogP contribution >= 0.6 is 15.6 Å². The number of carbonyl (C=O) groups excluding carboxylic acids is 4. The molecular weight excluding hydrogens is 1310 g/mol. The van der Waals surface area contributed by atoms with E-state index in [1.165, 1.54) is 57.8 Å². The summed E-state index contributed by atoms with van der Waals surface area (Å²) in [5.41, 5.74) is 0. The Balaban J connectivity index is 5.37. The average molecular weight is 1450 g/mol. The van der Waals surface area contributed by atoms with Gasteiger partial charge in [-0.05, 0) is 135 Å². The van der Waals surface area contributed by atoms with Gasteiger partial charge in [-0.3, -0.25) is 37.3 Å². The Morgan fingerprint density at radius 1 is 0.290 bits per heavy atom. The van der Waals surface area contributed by atoms with Gasteiger partial charge in [-0.1, -0.05) is 271 Å². The molecule has 0 aliphatic rings. The molecule has 0 radical (unpaired) electrons. The first-order valence-electron chi connectivity index (χ1n) is 38.8. The first-order valence-corrected chi connectivity index (χ1v) is 41.8. The van der Waals surface area contributed by atoms with Crippen molar-refractivity contribution in [2.75, 3.05) is 39.6 Å². The third-order valence-electron chi connectivity index (χ3n) is 15.9. The highest BCUT2D eigenvalue weighted by Crippen LogP contribution is 2.45. The van der Waals surface area contributed by atoms with Crippen molar-refractivity contribution >= 4 is 39.5 Å². The zero-order chi connectivity index (χ0) is 73.2. The van der Waals surface area contributed by atoms with E-state index in [-0.39, 0.29) is 25.7 Å². The monoisotopic (exact) mass is 1440 g/mol. The quantitative estimate of drug-likeness (QED) is 0.0169. The van der Waals surface area contributed by atoms with Gasteiger partial charge < -0.3 is 33.8 Å². The first-order chi connectivity index (χ1) is 48.7. The number of phosphoric acid groups is 2. The van der Waals surface area contributed by atoms with Crippen LogP contribution < -0.4 is 0 Å². The highest BCUT2D eigenvalue weighted by atomic mass is 31.2. The van der Waals surface area contributed by atoms with Crippen molar-refractivity contribution in [2.45, 2.75) is 329 Å². The van der Waals surface area contributed by atoms with Gasteiger partial charge in [0, 0.05) is 25.7 Å². The fraction of sp³-hybridized carbons (Fsp3) is 0.704. The van der Waals surface area contributed by atoms with Crippen LogP contribution in [-0.4, -0.2) is 96.7 Å². The fourth-order valence-corrected chi connectivity index (χ4v) is 11.6. The summed E-state index contributed by atoms with van der Waals surface area (Å²) in [4.78, 5) is 72.9. The number of aliphatic hydroxyl groups excluding tert-OH is 1. The molecule has 5 atom stereocenters. The van der Waals surface area contributed by atoms with E-state index in [1.54, 1.807) is 0 Å². The Labute approximate surface area is 606 Å². The van der Waals surface area contributed by atoms with Crippen molar-refractivity contribution in [3.8, 4) is 0 Å². The first kappa shape index (κ1) is 95.5. The Kier molecular flexibility index (Phi) is 69.5. The Morgan fingerprint density at radius 3 is 0.840 bits per heavy atom. The van der Waals surface area contributed by atoms with Gasteiger partial charge in [-0.15, -0.1) is 0 Å². The fourth-order valence-electron chi connectivity index (χ4n) is 10.1. The van der Waals surface area contributed by atoms with Crippen LogP contribution in [-0.2, 0) is 65.4 Å². The minimum absolute atomic E-state index is 0.0698. The number of aliphatic hydroxyl groups is 1. The number of hydrogen-bond acceptors (Lipinski definition) is 15. The van der Waals surface area contributed by atoms with E-state index in [9.17, 15) is 43.2 Å². The van der Waals surface area contributed by atoms with Crippen molar-refractivity contribution in [1.29, 1.82) is 0 Å². The maximum absolute atomic E-state index is 13.1. The van der Waals surface area contributed by atoms with E-state index in [0.717, 1.165) is 173 Å². The molecule has 0 aromatic carbocycles. The maximum Gasteiger partial charge on any atom is 0.472 e. The molecular formula is C81H138O17P2. The summed E-state index contributed by atoms with van der Waals surface area (Å²) in [7, 11) is -9.97. The summed E-state index contributed by atoms with van der Waals surface area (Å²) >= 11 is 0. The van der Waals surface area contributed by atoms with Gasteiger partial charge >= 0.3 is 39.5 Å². The second-order valence-electron chi connectivity index (χ2n) is 25.5. The van der Waals surface area contributed by atoms with E-state index >= 15 is 0 Å². The van der Waals surface area contributed by atoms with Crippen molar-refractivity contribution in [2.24, 2.45) is 0 Å². The molecule has 0 rings (SSSR count). The molecule has 0 aliphatic carbocycles. The Morgan fingerprint density at radius 2 is 0.520 bits per heavy atom. The molecule has 19 heteroatoms. The summed E-state index contributed by atoms with van der Waals surface area (Å²) < 4.78 is 68.4. The van der Waals surface area contributed by atoms with Crippen LogP contribution in [0.15, 0.2) is 122 Å². The molecule has 0 aliphatic heterocycles. The van der Waals surface area contributed by atoms with E-state index in [2.05, 4.69) is 149 Å². The van der Waals surface area contributed by atoms with Crippen molar-refractivity contribution in [3.05, 3.63) is 122 Å². The smallest absolute Gasteiger partial charge is 0.462 e. The Bertz CT molecular complexity index is 2370. The third kappa shape index (κ3) is 71.8. The summed E-state index contributed by atoms with van der Waals surface area (Å²) in [6, 6.07) is 0. The number of unbranched alkanes of at least 4 members (excludes halogenated alkanes) is 26. The number of phosphoric ester groups is 2. The predicted octanol–water partition coefficient (Wildman–Crippen LogP) is 22.3. The van der Waals surface area contributed by atoms with Gasteiger partial charge in [0.2, 0.25) is 0 Å². The van der Waals surface area contributed by atoms with Crippen LogP contribution in [0.3, 0.4) is 0 Å². The molecule has 3 N–H and O–H groups in total. The van der Waals surface area contributed by atoms with Crippen molar-refractivity contribution in [3.63, 3.8) is 0 Å². The number of hydrogen-bond donors (Lipinski definition) is 3. The molecule has 0 amide bonds. The van der Waals surface area contributed by atoms with Gasteiger partial charge in [0.15, 0.2) is 12.2 Å².